The topological polar surface area (TPSA) is 114 Å². The fraction of sp³-hybridized carbons (Fsp3) is 0.714. The van der Waals surface area contributed by atoms with Crippen LogP contribution in [-0.4, -0.2) is 88.1 Å². The summed E-state index contributed by atoms with van der Waals surface area (Å²) in [6, 6.07) is 0. The molecule has 1 aliphatic heterocycles. The van der Waals surface area contributed by atoms with Gasteiger partial charge in [0.1, 0.15) is 81.4 Å². The number of halogens is 1. The molecule has 1 fully saturated rings. The van der Waals surface area contributed by atoms with Crippen molar-refractivity contribution in [2.75, 3.05) is 33.0 Å². The lowest BCUT2D eigenvalue weighted by atomic mass is 9.99. The fourth-order valence-electron chi connectivity index (χ4n) is 2.17. The van der Waals surface area contributed by atoms with E-state index < -0.39 is 81.5 Å². The molecule has 1 unspecified atom stereocenters. The molecule has 1 aliphatic rings. The molecule has 0 aromatic heterocycles. The molecule has 0 aliphatic carbocycles. The Morgan fingerprint density at radius 2 is 1.33 bits per heavy atom. The molecule has 0 aromatic carbocycles. The van der Waals surface area contributed by atoms with E-state index in [-0.39, 0.29) is 6.61 Å². The summed E-state index contributed by atoms with van der Waals surface area (Å²) in [6.45, 7) is -2.93. The summed E-state index contributed by atoms with van der Waals surface area (Å²) < 4.78 is 53.9. The summed E-state index contributed by atoms with van der Waals surface area (Å²) in [6.07, 6.45) is -8.95. The number of rotatable bonds is 13. The molecule has 136 valence electrons. The molecule has 9 nitrogen and oxygen atoms in total. The smallest absolute Gasteiger partial charge is 0.160 e. The van der Waals surface area contributed by atoms with Gasteiger partial charge in [0.15, 0.2) is 5.56 Å². The van der Waals surface area contributed by atoms with Crippen molar-refractivity contribution < 1.29 is 48.3 Å². The first kappa shape index (κ1) is 15.1. The number of hydrogen-bond donors (Lipinski definition) is 0. The zero-order valence-corrected chi connectivity index (χ0v) is 13.2. The SMILES string of the molecule is [2H]C(=O)COC[C@H]1OC(Cl)[C@H](OCC([2H])=O)[C@@H](OCC([2H])=O)[C@@H]1OCC([2H])=O. The van der Waals surface area contributed by atoms with Crippen molar-refractivity contribution in [1.82, 2.24) is 0 Å². The van der Waals surface area contributed by atoms with Crippen molar-refractivity contribution in [3.8, 4) is 0 Å². The van der Waals surface area contributed by atoms with Crippen LogP contribution in [0.5, 0.6) is 0 Å². The zero-order valence-electron chi connectivity index (χ0n) is 16.5. The van der Waals surface area contributed by atoms with Crippen molar-refractivity contribution in [1.29, 1.82) is 0 Å². The van der Waals surface area contributed by atoms with Crippen LogP contribution in [0, 0.1) is 0 Å². The van der Waals surface area contributed by atoms with E-state index >= 15 is 0 Å². The Bertz CT molecular complexity index is 579. The Balaban J connectivity index is 3.03. The van der Waals surface area contributed by atoms with Gasteiger partial charge in [-0.1, -0.05) is 11.6 Å². The van der Waals surface area contributed by atoms with Crippen LogP contribution in [0.1, 0.15) is 5.48 Å². The van der Waals surface area contributed by atoms with Crippen LogP contribution in [-0.2, 0) is 42.9 Å². The van der Waals surface area contributed by atoms with Gasteiger partial charge < -0.3 is 42.9 Å². The molecule has 0 N–H and O–H groups in total. The number of ether oxygens (including phenoxy) is 5. The highest BCUT2D eigenvalue weighted by atomic mass is 35.5. The van der Waals surface area contributed by atoms with Gasteiger partial charge in [0.05, 0.1) is 6.61 Å². The van der Waals surface area contributed by atoms with Gasteiger partial charge in [0, 0.05) is 0 Å². The number of aldehydes is 4. The van der Waals surface area contributed by atoms with Crippen molar-refractivity contribution in [3.05, 3.63) is 0 Å². The van der Waals surface area contributed by atoms with E-state index in [4.69, 9.17) is 40.8 Å². The molecule has 24 heavy (non-hydrogen) atoms. The summed E-state index contributed by atoms with van der Waals surface area (Å²) >= 11 is 6.09. The molecule has 1 rings (SSSR count). The first-order valence-electron chi connectivity index (χ1n) is 8.81. The Hall–Kier alpha value is -1.23. The molecule has 0 saturated carbocycles. The van der Waals surface area contributed by atoms with Crippen molar-refractivity contribution >= 4 is 36.6 Å². The van der Waals surface area contributed by atoms with Crippen LogP contribution in [0.3, 0.4) is 0 Å². The summed E-state index contributed by atoms with van der Waals surface area (Å²) in [5.41, 5.74) is -1.27. The highest BCUT2D eigenvalue weighted by molar-refractivity contribution is 6.20. The third-order valence-electron chi connectivity index (χ3n) is 3.02. The second-order valence-corrected chi connectivity index (χ2v) is 4.88. The largest absolute Gasteiger partial charge is 0.371 e. The van der Waals surface area contributed by atoms with E-state index in [0.29, 0.717) is 0 Å². The van der Waals surface area contributed by atoms with E-state index in [1.807, 2.05) is 0 Å². The molecule has 5 atom stereocenters. The van der Waals surface area contributed by atoms with E-state index in [1.54, 1.807) is 0 Å². The third kappa shape index (κ3) is 6.34. The number of alkyl halides is 1. The van der Waals surface area contributed by atoms with Gasteiger partial charge in [-0.15, -0.1) is 0 Å². The standard InChI is InChI=1S/C14H19ClO9/c15-14-13(23-8-4-19)12(22-7-3-18)11(21-6-2-17)10(24-14)9-20-5-1-16/h1-4,10-14H,5-9H2/t10-,11-,12+,13-,14?/m1/s1/i1D,2D,3D,4D. The predicted molar refractivity (Wildman–Crippen MR) is 78.8 cm³/mol. The van der Waals surface area contributed by atoms with Crippen LogP contribution in [0.25, 0.3) is 0 Å². The van der Waals surface area contributed by atoms with E-state index in [2.05, 4.69) is 0 Å². The molecule has 0 radical (unpaired) electrons. The second-order valence-electron chi connectivity index (χ2n) is 4.45. The maximum Gasteiger partial charge on any atom is 0.160 e. The van der Waals surface area contributed by atoms with Crippen molar-refractivity contribution in [2.24, 2.45) is 0 Å². The van der Waals surface area contributed by atoms with Gasteiger partial charge in [0.25, 0.3) is 0 Å². The first-order chi connectivity index (χ1) is 13.1. The van der Waals surface area contributed by atoms with Crippen LogP contribution in [0.4, 0.5) is 0 Å². The lowest BCUT2D eigenvalue weighted by molar-refractivity contribution is -0.243. The quantitative estimate of drug-likeness (QED) is 0.295. The first-order valence-corrected chi connectivity index (χ1v) is 7.25. The average molecular weight is 371 g/mol. The average Bonchev–Trinajstić information content (AvgIpc) is 2.57. The molecule has 1 heterocycles. The lowest BCUT2D eigenvalue weighted by Crippen LogP contribution is -2.60. The second kappa shape index (κ2) is 12.2. The number of hydrogen-bond acceptors (Lipinski definition) is 9. The molecule has 0 amide bonds. The van der Waals surface area contributed by atoms with E-state index in [0.717, 1.165) is 0 Å². The van der Waals surface area contributed by atoms with Crippen molar-refractivity contribution in [3.63, 3.8) is 0 Å². The Morgan fingerprint density at radius 3 is 1.88 bits per heavy atom. The Kier molecular flexibility index (Phi) is 7.64. The van der Waals surface area contributed by atoms with Gasteiger partial charge in [0.2, 0.25) is 0 Å². The number of carbonyl (C=O) groups excluding carboxylic acids is 4. The minimum Gasteiger partial charge on any atom is -0.371 e. The van der Waals surface area contributed by atoms with Crippen LogP contribution in [0.15, 0.2) is 0 Å². The minimum atomic E-state index is -1.27. The predicted octanol–water partition coefficient (Wildman–Crippen LogP) is -1.08. The van der Waals surface area contributed by atoms with Crippen LogP contribution in [0.2, 0.25) is 0 Å². The molecule has 10 heteroatoms. The Labute approximate surface area is 149 Å². The lowest BCUT2D eigenvalue weighted by Gasteiger charge is -2.43. The van der Waals surface area contributed by atoms with Gasteiger partial charge in [-0.2, -0.15) is 0 Å². The maximum absolute atomic E-state index is 11.0. The molecular formula is C14H19ClO9. The normalized spacial score (nSPS) is 32.1. The minimum absolute atomic E-state index is 0.316. The van der Waals surface area contributed by atoms with Crippen molar-refractivity contribution in [2.45, 2.75) is 30.0 Å². The van der Waals surface area contributed by atoms with Gasteiger partial charge in [-0.3, -0.25) is 0 Å². The van der Waals surface area contributed by atoms with Crippen LogP contribution < -0.4 is 0 Å². The molecule has 0 aromatic rings. The summed E-state index contributed by atoms with van der Waals surface area (Å²) in [7, 11) is 0. The van der Waals surface area contributed by atoms with Gasteiger partial charge >= 0.3 is 0 Å². The highest BCUT2D eigenvalue weighted by Crippen LogP contribution is 2.30. The number of carbonyl (C=O) groups is 4. The van der Waals surface area contributed by atoms with Gasteiger partial charge in [-0.05, 0) is 0 Å². The van der Waals surface area contributed by atoms with Gasteiger partial charge in [-0.25, -0.2) is 0 Å². The monoisotopic (exact) mass is 370 g/mol. The summed E-state index contributed by atoms with van der Waals surface area (Å²) in [5, 5.41) is 0. The van der Waals surface area contributed by atoms with E-state index in [9.17, 15) is 19.2 Å². The molecule has 0 bridgehead atoms. The third-order valence-corrected chi connectivity index (χ3v) is 3.38. The van der Waals surface area contributed by atoms with E-state index in [1.165, 1.54) is 0 Å². The summed E-state index contributed by atoms with van der Waals surface area (Å²) in [5.74, 6) is 0. The molecular weight excluding hydrogens is 348 g/mol. The highest BCUT2D eigenvalue weighted by Gasteiger charge is 2.47. The maximum atomic E-state index is 11.0. The zero-order chi connectivity index (χ0) is 21.3. The fourth-order valence-corrected chi connectivity index (χ4v) is 2.52. The Morgan fingerprint density at radius 1 is 0.833 bits per heavy atom. The molecule has 0 spiro atoms. The molecule has 1 saturated heterocycles. The van der Waals surface area contributed by atoms with Crippen LogP contribution >= 0.6 is 11.6 Å². The summed E-state index contributed by atoms with van der Waals surface area (Å²) in [4.78, 5) is 43.6.